The Balaban J connectivity index is 1.54. The smallest absolute Gasteiger partial charge is 0.233 e. The zero-order chi connectivity index (χ0) is 19.1. The van der Waals surface area contributed by atoms with Crippen LogP contribution in [0.15, 0.2) is 53.4 Å². The van der Waals surface area contributed by atoms with E-state index in [1.807, 2.05) is 37.3 Å². The molecule has 1 fully saturated rings. The second kappa shape index (κ2) is 10.1. The summed E-state index contributed by atoms with van der Waals surface area (Å²) < 4.78 is 5.42. The predicted octanol–water partition coefficient (Wildman–Crippen LogP) is 3.97. The fourth-order valence-corrected chi connectivity index (χ4v) is 4.00. The number of nitrogens with one attached hydrogen (secondary N) is 1. The lowest BCUT2D eigenvalue weighted by Gasteiger charge is -2.27. The molecule has 1 atom stereocenters. The van der Waals surface area contributed by atoms with Gasteiger partial charge in [-0.05, 0) is 42.3 Å². The Morgan fingerprint density at radius 1 is 1.15 bits per heavy atom. The summed E-state index contributed by atoms with van der Waals surface area (Å²) in [5.74, 6) is 0.0381. The van der Waals surface area contributed by atoms with Crippen LogP contribution < -0.4 is 5.32 Å². The first-order chi connectivity index (χ1) is 13.1. The summed E-state index contributed by atoms with van der Waals surface area (Å²) in [7, 11) is 0. The van der Waals surface area contributed by atoms with E-state index in [9.17, 15) is 4.79 Å². The number of nitrogens with zero attached hydrogens (tertiary/aromatic N) is 1. The van der Waals surface area contributed by atoms with Crippen LogP contribution in [0.25, 0.3) is 0 Å². The highest BCUT2D eigenvalue weighted by Gasteiger charge is 2.16. The van der Waals surface area contributed by atoms with Gasteiger partial charge in [0.05, 0.1) is 18.5 Å². The third-order valence-corrected chi connectivity index (χ3v) is 5.93. The molecule has 0 radical (unpaired) electrons. The molecule has 0 aliphatic carbocycles. The van der Waals surface area contributed by atoms with Crippen molar-refractivity contribution in [3.05, 3.63) is 64.7 Å². The van der Waals surface area contributed by atoms with Crippen LogP contribution in [-0.2, 0) is 22.6 Å². The highest BCUT2D eigenvalue weighted by atomic mass is 35.5. The molecule has 1 amide bonds. The van der Waals surface area contributed by atoms with Crippen LogP contribution in [0.1, 0.15) is 18.1 Å². The molecule has 0 bridgehead atoms. The van der Waals surface area contributed by atoms with E-state index >= 15 is 0 Å². The van der Waals surface area contributed by atoms with Crippen LogP contribution in [0.3, 0.4) is 0 Å². The van der Waals surface area contributed by atoms with Crippen molar-refractivity contribution in [3.8, 4) is 0 Å². The highest BCUT2D eigenvalue weighted by Crippen LogP contribution is 2.25. The monoisotopic (exact) mass is 404 g/mol. The van der Waals surface area contributed by atoms with Gasteiger partial charge in [0.15, 0.2) is 0 Å². The van der Waals surface area contributed by atoms with Gasteiger partial charge < -0.3 is 10.1 Å². The topological polar surface area (TPSA) is 41.6 Å². The number of amides is 1. The molecule has 0 saturated carbocycles. The maximum absolute atomic E-state index is 12.5. The van der Waals surface area contributed by atoms with E-state index in [1.54, 1.807) is 0 Å². The van der Waals surface area contributed by atoms with Crippen molar-refractivity contribution in [3.63, 3.8) is 0 Å². The average molecular weight is 405 g/mol. The summed E-state index contributed by atoms with van der Waals surface area (Å²) in [5.41, 5.74) is 2.43. The molecule has 1 heterocycles. The Hall–Kier alpha value is -1.53. The fourth-order valence-electron chi connectivity index (χ4n) is 2.98. The molecule has 0 aromatic heterocycles. The van der Waals surface area contributed by atoms with Gasteiger partial charge in [-0.3, -0.25) is 9.69 Å². The van der Waals surface area contributed by atoms with E-state index in [2.05, 4.69) is 28.4 Å². The van der Waals surface area contributed by atoms with Gasteiger partial charge in [0.25, 0.3) is 0 Å². The number of hydrogen-bond donors (Lipinski definition) is 1. The number of carbonyl (C=O) groups excluding carboxylic acids is 1. The molecular weight excluding hydrogens is 380 g/mol. The lowest BCUT2D eigenvalue weighted by molar-refractivity contribution is -0.120. The van der Waals surface area contributed by atoms with Gasteiger partial charge in [0.1, 0.15) is 0 Å². The van der Waals surface area contributed by atoms with Gasteiger partial charge in [0, 0.05) is 36.1 Å². The van der Waals surface area contributed by atoms with Crippen LogP contribution in [0.2, 0.25) is 5.02 Å². The van der Waals surface area contributed by atoms with Crippen molar-refractivity contribution >= 4 is 29.3 Å². The van der Waals surface area contributed by atoms with E-state index in [1.165, 1.54) is 22.9 Å². The van der Waals surface area contributed by atoms with E-state index in [-0.39, 0.29) is 11.2 Å². The highest BCUT2D eigenvalue weighted by molar-refractivity contribution is 8.00. The van der Waals surface area contributed by atoms with Gasteiger partial charge in [-0.2, -0.15) is 0 Å². The van der Waals surface area contributed by atoms with Crippen LogP contribution in [0, 0.1) is 0 Å². The molecule has 1 N–H and O–H groups in total. The van der Waals surface area contributed by atoms with Gasteiger partial charge >= 0.3 is 0 Å². The first-order valence-electron chi connectivity index (χ1n) is 9.18. The maximum Gasteiger partial charge on any atom is 0.233 e. The molecular formula is C21H25ClN2O2S. The number of rotatable bonds is 7. The average Bonchev–Trinajstić information content (AvgIpc) is 2.69. The van der Waals surface area contributed by atoms with E-state index in [0.29, 0.717) is 11.6 Å². The molecule has 2 aromatic carbocycles. The summed E-state index contributed by atoms with van der Waals surface area (Å²) in [6, 6.07) is 15.9. The van der Waals surface area contributed by atoms with E-state index in [4.69, 9.17) is 16.3 Å². The third-order valence-electron chi connectivity index (χ3n) is 4.56. The summed E-state index contributed by atoms with van der Waals surface area (Å²) in [5, 5.41) is 3.61. The lowest BCUT2D eigenvalue weighted by Crippen LogP contribution is -2.36. The number of halogens is 1. The lowest BCUT2D eigenvalue weighted by atomic mass is 10.1. The molecule has 1 saturated heterocycles. The maximum atomic E-state index is 12.5. The number of thioether (sulfide) groups is 1. The number of benzene rings is 2. The molecule has 3 rings (SSSR count). The molecule has 144 valence electrons. The minimum Gasteiger partial charge on any atom is -0.379 e. The normalized spacial score (nSPS) is 16.1. The SMILES string of the molecule is C[C@@H](Sc1ccc(Cl)cc1)C(=O)NCc1ccccc1CN1CCOCC1. The first-order valence-corrected chi connectivity index (χ1v) is 10.4. The van der Waals surface area contributed by atoms with Crippen LogP contribution in [-0.4, -0.2) is 42.4 Å². The molecule has 4 nitrogen and oxygen atoms in total. The number of hydrogen-bond acceptors (Lipinski definition) is 4. The second-order valence-corrected chi connectivity index (χ2v) is 8.44. The molecule has 27 heavy (non-hydrogen) atoms. The summed E-state index contributed by atoms with van der Waals surface area (Å²) in [6.07, 6.45) is 0. The van der Waals surface area contributed by atoms with Crippen LogP contribution in [0.5, 0.6) is 0 Å². The minimum absolute atomic E-state index is 0.0381. The van der Waals surface area contributed by atoms with Crippen LogP contribution >= 0.6 is 23.4 Å². The fraction of sp³-hybridized carbons (Fsp3) is 0.381. The molecule has 0 unspecified atom stereocenters. The largest absolute Gasteiger partial charge is 0.379 e. The Morgan fingerprint density at radius 2 is 1.81 bits per heavy atom. The van der Waals surface area contributed by atoms with Gasteiger partial charge in [-0.1, -0.05) is 35.9 Å². The Kier molecular flexibility index (Phi) is 7.59. The van der Waals surface area contributed by atoms with Crippen LogP contribution in [0.4, 0.5) is 0 Å². The zero-order valence-corrected chi connectivity index (χ0v) is 17.1. The van der Waals surface area contributed by atoms with E-state index < -0.39 is 0 Å². The van der Waals surface area contributed by atoms with Crippen molar-refractivity contribution in [2.45, 2.75) is 30.2 Å². The predicted molar refractivity (Wildman–Crippen MR) is 111 cm³/mol. The van der Waals surface area contributed by atoms with Gasteiger partial charge in [-0.25, -0.2) is 0 Å². The zero-order valence-electron chi connectivity index (χ0n) is 15.5. The molecule has 1 aliphatic heterocycles. The summed E-state index contributed by atoms with van der Waals surface area (Å²) >= 11 is 7.45. The molecule has 2 aromatic rings. The standard InChI is InChI=1S/C21H25ClN2O2S/c1-16(27-20-8-6-19(22)7-9-20)21(25)23-14-17-4-2-3-5-18(17)15-24-10-12-26-13-11-24/h2-9,16H,10-15H2,1H3,(H,23,25)/t16-/m1/s1. The van der Waals surface area contributed by atoms with Gasteiger partial charge in [0.2, 0.25) is 5.91 Å². The van der Waals surface area contributed by atoms with Crippen molar-refractivity contribution < 1.29 is 9.53 Å². The minimum atomic E-state index is -0.169. The summed E-state index contributed by atoms with van der Waals surface area (Å²) in [6.45, 7) is 6.85. The number of morpholine rings is 1. The Bertz CT molecular complexity index is 748. The summed E-state index contributed by atoms with van der Waals surface area (Å²) in [4.78, 5) is 15.9. The number of carbonyl (C=O) groups is 1. The van der Waals surface area contributed by atoms with Crippen molar-refractivity contribution in [2.24, 2.45) is 0 Å². The van der Waals surface area contributed by atoms with Crippen molar-refractivity contribution in [2.75, 3.05) is 26.3 Å². The third kappa shape index (κ3) is 6.25. The second-order valence-electron chi connectivity index (χ2n) is 6.59. The van der Waals surface area contributed by atoms with E-state index in [0.717, 1.165) is 37.7 Å². The quantitative estimate of drug-likeness (QED) is 0.709. The number of ether oxygens (including phenoxy) is 1. The first kappa shape index (κ1) is 20.2. The molecule has 0 spiro atoms. The Morgan fingerprint density at radius 3 is 2.52 bits per heavy atom. The van der Waals surface area contributed by atoms with Crippen molar-refractivity contribution in [1.82, 2.24) is 10.2 Å². The molecule has 6 heteroatoms. The Labute approximate surface area is 170 Å². The van der Waals surface area contributed by atoms with Gasteiger partial charge in [-0.15, -0.1) is 11.8 Å². The molecule has 1 aliphatic rings. The van der Waals surface area contributed by atoms with Crippen molar-refractivity contribution in [1.29, 1.82) is 0 Å².